The van der Waals surface area contributed by atoms with E-state index in [0.717, 1.165) is 17.8 Å². The molecule has 2 aromatic rings. The van der Waals surface area contributed by atoms with E-state index in [1.807, 2.05) is 0 Å². The Balaban J connectivity index is 1.50. The molecule has 0 spiro atoms. The second-order valence-electron chi connectivity index (χ2n) is 6.52. The number of nitrogens with zero attached hydrogens (tertiary/aromatic N) is 2. The van der Waals surface area contributed by atoms with Gasteiger partial charge in [-0.25, -0.2) is 0 Å². The fourth-order valence-electron chi connectivity index (χ4n) is 2.85. The maximum atomic E-state index is 12.4. The Morgan fingerprint density at radius 2 is 2.04 bits per heavy atom. The number of anilines is 2. The summed E-state index contributed by atoms with van der Waals surface area (Å²) in [4.78, 5) is 23.7. The summed E-state index contributed by atoms with van der Waals surface area (Å²) < 4.78 is 5.34. The molecule has 0 unspecified atom stereocenters. The zero-order valence-electron chi connectivity index (χ0n) is 15.4. The first kappa shape index (κ1) is 19.3. The van der Waals surface area contributed by atoms with Gasteiger partial charge in [0.25, 0.3) is 11.8 Å². The molecule has 0 radical (unpaired) electrons. The van der Waals surface area contributed by atoms with Gasteiger partial charge in [-0.2, -0.15) is 0 Å². The van der Waals surface area contributed by atoms with E-state index in [2.05, 4.69) is 27.8 Å². The Morgan fingerprint density at radius 1 is 1.22 bits per heavy atom. The van der Waals surface area contributed by atoms with Crippen molar-refractivity contribution in [2.45, 2.75) is 51.9 Å². The van der Waals surface area contributed by atoms with Crippen molar-refractivity contribution in [2.24, 2.45) is 0 Å². The van der Waals surface area contributed by atoms with Crippen molar-refractivity contribution in [1.82, 2.24) is 10.2 Å². The second kappa shape index (κ2) is 9.45. The number of unbranched alkanes of at least 4 members (excludes halogenated alkanes) is 5. The molecular weight excluding hydrogens is 364 g/mol. The van der Waals surface area contributed by atoms with Crippen LogP contribution in [0.25, 0.3) is 0 Å². The summed E-state index contributed by atoms with van der Waals surface area (Å²) in [5, 5.41) is 15.1. The minimum absolute atomic E-state index is 0.0454. The molecule has 0 atom stereocenters. The van der Waals surface area contributed by atoms with Gasteiger partial charge in [-0.3, -0.25) is 14.9 Å². The van der Waals surface area contributed by atoms with Gasteiger partial charge in [0.15, 0.2) is 6.61 Å². The number of nitrogens with one attached hydrogen (secondary N) is 2. The van der Waals surface area contributed by atoms with Gasteiger partial charge >= 0.3 is 0 Å². The van der Waals surface area contributed by atoms with E-state index >= 15 is 0 Å². The third-order valence-corrected chi connectivity index (χ3v) is 5.21. The van der Waals surface area contributed by atoms with E-state index in [-0.39, 0.29) is 18.4 Å². The number of ether oxygens (including phenoxy) is 1. The van der Waals surface area contributed by atoms with Gasteiger partial charge < -0.3 is 10.1 Å². The van der Waals surface area contributed by atoms with Crippen LogP contribution in [0.4, 0.5) is 10.8 Å². The number of aromatic nitrogens is 2. The van der Waals surface area contributed by atoms with E-state index < -0.39 is 0 Å². The quantitative estimate of drug-likeness (QED) is 0.633. The number of hydrogen-bond acceptors (Lipinski definition) is 6. The molecule has 144 valence electrons. The van der Waals surface area contributed by atoms with Crippen LogP contribution in [0, 0.1) is 0 Å². The molecule has 3 rings (SSSR count). The number of carbonyl (C=O) groups excluding carboxylic acids is 2. The summed E-state index contributed by atoms with van der Waals surface area (Å²) in [5.74, 6) is 0.00953. The van der Waals surface area contributed by atoms with Gasteiger partial charge in [0.2, 0.25) is 5.13 Å². The van der Waals surface area contributed by atoms with Crippen LogP contribution in [0.5, 0.6) is 5.75 Å². The molecule has 0 aliphatic carbocycles. The van der Waals surface area contributed by atoms with E-state index in [9.17, 15) is 9.59 Å². The van der Waals surface area contributed by atoms with Crippen molar-refractivity contribution in [2.75, 3.05) is 17.2 Å². The van der Waals surface area contributed by atoms with Gasteiger partial charge in [-0.1, -0.05) is 50.4 Å². The van der Waals surface area contributed by atoms with Gasteiger partial charge in [0.1, 0.15) is 10.8 Å². The van der Waals surface area contributed by atoms with Crippen LogP contribution in [0.1, 0.15) is 60.8 Å². The number of amides is 2. The van der Waals surface area contributed by atoms with Crippen molar-refractivity contribution in [1.29, 1.82) is 0 Å². The van der Waals surface area contributed by atoms with Crippen LogP contribution in [-0.4, -0.2) is 28.6 Å². The van der Waals surface area contributed by atoms with Crippen LogP contribution in [0.3, 0.4) is 0 Å². The molecule has 1 aromatic heterocycles. The van der Waals surface area contributed by atoms with E-state index in [4.69, 9.17) is 4.74 Å². The molecule has 7 nitrogen and oxygen atoms in total. The number of fused-ring (bicyclic) bond motifs is 1. The lowest BCUT2D eigenvalue weighted by molar-refractivity contribution is -0.118. The lowest BCUT2D eigenvalue weighted by Crippen LogP contribution is -2.25. The van der Waals surface area contributed by atoms with Crippen molar-refractivity contribution in [3.63, 3.8) is 0 Å². The average molecular weight is 388 g/mol. The normalized spacial score (nSPS) is 12.9. The molecule has 0 fully saturated rings. The maximum Gasteiger partial charge on any atom is 0.262 e. The highest BCUT2D eigenvalue weighted by molar-refractivity contribution is 7.15. The van der Waals surface area contributed by atoms with Crippen LogP contribution in [0.15, 0.2) is 18.2 Å². The molecule has 1 aromatic carbocycles. The predicted molar refractivity (Wildman–Crippen MR) is 106 cm³/mol. The largest absolute Gasteiger partial charge is 0.482 e. The lowest BCUT2D eigenvalue weighted by atomic mass is 10.1. The molecule has 8 heteroatoms. The predicted octanol–water partition coefficient (Wildman–Crippen LogP) is 4.02. The van der Waals surface area contributed by atoms with Crippen molar-refractivity contribution in [3.8, 4) is 5.75 Å². The first-order chi connectivity index (χ1) is 13.2. The molecule has 2 N–H and O–H groups in total. The third-order valence-electron chi connectivity index (χ3n) is 4.31. The summed E-state index contributed by atoms with van der Waals surface area (Å²) in [7, 11) is 0. The standard InChI is InChI=1S/C19H24N4O3S/c1-2-3-4-5-6-7-8-17-22-23-19(27-17)21-18(25)13-9-10-14-15(11-13)26-12-16(24)20-14/h9-11H,2-8,12H2,1H3,(H,20,24)(H,21,23,25). The zero-order chi connectivity index (χ0) is 19.1. The summed E-state index contributed by atoms with van der Waals surface area (Å²) in [6.45, 7) is 2.17. The number of aryl methyl sites for hydroxylation is 1. The Kier molecular flexibility index (Phi) is 6.75. The van der Waals surface area contributed by atoms with Crippen LogP contribution >= 0.6 is 11.3 Å². The highest BCUT2D eigenvalue weighted by Crippen LogP contribution is 2.29. The molecule has 1 aliphatic heterocycles. The number of hydrogen-bond donors (Lipinski definition) is 2. The fraction of sp³-hybridized carbons (Fsp3) is 0.474. The minimum atomic E-state index is -0.277. The van der Waals surface area contributed by atoms with Gasteiger partial charge in [0, 0.05) is 12.0 Å². The molecule has 27 heavy (non-hydrogen) atoms. The van der Waals surface area contributed by atoms with Crippen molar-refractivity contribution < 1.29 is 14.3 Å². The topological polar surface area (TPSA) is 93.2 Å². The maximum absolute atomic E-state index is 12.4. The summed E-state index contributed by atoms with van der Waals surface area (Å²) in [5.41, 5.74) is 1.01. The fourth-order valence-corrected chi connectivity index (χ4v) is 3.62. The Hall–Kier alpha value is -2.48. The van der Waals surface area contributed by atoms with Crippen molar-refractivity contribution >= 4 is 34.0 Å². The molecule has 0 bridgehead atoms. The summed E-state index contributed by atoms with van der Waals surface area (Å²) in [6, 6.07) is 4.91. The summed E-state index contributed by atoms with van der Waals surface area (Å²) in [6.07, 6.45) is 8.30. The van der Waals surface area contributed by atoms with Gasteiger partial charge in [-0.15, -0.1) is 10.2 Å². The first-order valence-electron chi connectivity index (χ1n) is 9.36. The molecule has 2 amide bonds. The van der Waals surface area contributed by atoms with Gasteiger partial charge in [0.05, 0.1) is 5.69 Å². The highest BCUT2D eigenvalue weighted by atomic mass is 32.1. The minimum Gasteiger partial charge on any atom is -0.482 e. The molecule has 2 heterocycles. The third kappa shape index (κ3) is 5.50. The Morgan fingerprint density at radius 3 is 2.89 bits per heavy atom. The molecule has 1 aliphatic rings. The lowest BCUT2D eigenvalue weighted by Gasteiger charge is -2.18. The average Bonchev–Trinajstić information content (AvgIpc) is 3.11. The SMILES string of the molecule is CCCCCCCCc1nnc(NC(=O)c2ccc3c(c2)OCC(=O)N3)s1. The van der Waals surface area contributed by atoms with E-state index in [1.54, 1.807) is 18.2 Å². The smallest absolute Gasteiger partial charge is 0.262 e. The zero-order valence-corrected chi connectivity index (χ0v) is 16.2. The van der Waals surface area contributed by atoms with E-state index in [0.29, 0.717) is 22.1 Å². The van der Waals surface area contributed by atoms with Crippen molar-refractivity contribution in [3.05, 3.63) is 28.8 Å². The summed E-state index contributed by atoms with van der Waals surface area (Å²) >= 11 is 1.41. The number of benzene rings is 1. The molecule has 0 saturated carbocycles. The van der Waals surface area contributed by atoms with Crippen LogP contribution in [0.2, 0.25) is 0 Å². The Labute approximate surface area is 162 Å². The van der Waals surface area contributed by atoms with Gasteiger partial charge in [-0.05, 0) is 24.6 Å². The van der Waals surface area contributed by atoms with Crippen LogP contribution in [-0.2, 0) is 11.2 Å². The first-order valence-corrected chi connectivity index (χ1v) is 10.2. The monoisotopic (exact) mass is 388 g/mol. The number of rotatable bonds is 9. The van der Waals surface area contributed by atoms with E-state index in [1.165, 1.54) is 43.4 Å². The molecule has 0 saturated heterocycles. The number of carbonyl (C=O) groups is 2. The highest BCUT2D eigenvalue weighted by Gasteiger charge is 2.18. The second-order valence-corrected chi connectivity index (χ2v) is 7.58. The van der Waals surface area contributed by atoms with Crippen LogP contribution < -0.4 is 15.4 Å². The Bertz CT molecular complexity index is 806. The molecular formula is C19H24N4O3S.